The molecule has 2 rings (SSSR count). The van der Waals surface area contributed by atoms with E-state index in [9.17, 15) is 14.4 Å². The number of hydrogen-bond donors (Lipinski definition) is 1. The molecule has 0 bridgehead atoms. The SMILES string of the molecule is CCC(C)NC(=O)c1cc2ccc(OC(=O)C(Cl)Cl)cc2oc1=O. The second kappa shape index (κ2) is 7.68. The summed E-state index contributed by atoms with van der Waals surface area (Å²) in [5, 5.41) is 3.21. The van der Waals surface area contributed by atoms with Gasteiger partial charge < -0.3 is 14.5 Å². The van der Waals surface area contributed by atoms with Crippen LogP contribution < -0.4 is 15.7 Å². The number of carbonyl (C=O) groups excluding carboxylic acids is 2. The molecule has 0 spiro atoms. The zero-order valence-electron chi connectivity index (χ0n) is 13.0. The first-order valence-corrected chi connectivity index (χ1v) is 8.07. The minimum Gasteiger partial charge on any atom is -0.424 e. The zero-order chi connectivity index (χ0) is 17.9. The van der Waals surface area contributed by atoms with Crippen molar-refractivity contribution >= 4 is 46.0 Å². The van der Waals surface area contributed by atoms with Crippen LogP contribution in [0.3, 0.4) is 0 Å². The van der Waals surface area contributed by atoms with Gasteiger partial charge in [-0.25, -0.2) is 9.59 Å². The van der Waals surface area contributed by atoms with E-state index in [1.807, 2.05) is 13.8 Å². The van der Waals surface area contributed by atoms with Crippen LogP contribution in [-0.2, 0) is 4.79 Å². The number of ether oxygens (including phenoxy) is 1. The monoisotopic (exact) mass is 371 g/mol. The van der Waals surface area contributed by atoms with Crippen molar-refractivity contribution in [2.75, 3.05) is 0 Å². The first-order valence-electron chi connectivity index (χ1n) is 7.20. The molecule has 1 aromatic heterocycles. The Labute approximate surface area is 147 Å². The molecule has 8 heteroatoms. The van der Waals surface area contributed by atoms with Gasteiger partial charge in [-0.3, -0.25) is 4.79 Å². The van der Waals surface area contributed by atoms with Gasteiger partial charge in [0.25, 0.3) is 5.91 Å². The van der Waals surface area contributed by atoms with E-state index >= 15 is 0 Å². The molecule has 1 N–H and O–H groups in total. The third-order valence-electron chi connectivity index (χ3n) is 3.34. The van der Waals surface area contributed by atoms with E-state index in [-0.39, 0.29) is 22.9 Å². The summed E-state index contributed by atoms with van der Waals surface area (Å²) >= 11 is 10.8. The minimum atomic E-state index is -1.32. The van der Waals surface area contributed by atoms with Crippen molar-refractivity contribution < 1.29 is 18.7 Å². The molecule has 0 saturated carbocycles. The van der Waals surface area contributed by atoms with Crippen LogP contribution in [0.4, 0.5) is 0 Å². The normalized spacial score (nSPS) is 12.2. The summed E-state index contributed by atoms with van der Waals surface area (Å²) in [6.45, 7) is 3.76. The molecule has 1 unspecified atom stereocenters. The Bertz CT molecular complexity index is 831. The van der Waals surface area contributed by atoms with Crippen LogP contribution in [0.25, 0.3) is 11.0 Å². The van der Waals surface area contributed by atoms with Crippen LogP contribution in [0, 0.1) is 0 Å². The molecular weight excluding hydrogens is 357 g/mol. The van der Waals surface area contributed by atoms with E-state index in [2.05, 4.69) is 5.32 Å². The van der Waals surface area contributed by atoms with Gasteiger partial charge in [-0.2, -0.15) is 0 Å². The molecule has 0 aliphatic rings. The molecular formula is C16H15Cl2NO5. The molecule has 1 atom stereocenters. The number of alkyl halides is 2. The number of benzene rings is 1. The van der Waals surface area contributed by atoms with E-state index in [0.717, 1.165) is 6.42 Å². The van der Waals surface area contributed by atoms with Crippen molar-refractivity contribution in [1.82, 2.24) is 5.32 Å². The van der Waals surface area contributed by atoms with Crippen LogP contribution >= 0.6 is 23.2 Å². The Morgan fingerprint density at radius 1 is 1.29 bits per heavy atom. The maximum Gasteiger partial charge on any atom is 0.349 e. The average Bonchev–Trinajstić information content (AvgIpc) is 2.53. The lowest BCUT2D eigenvalue weighted by atomic mass is 10.1. The second-order valence-electron chi connectivity index (χ2n) is 5.15. The molecule has 1 heterocycles. The molecule has 0 fully saturated rings. The van der Waals surface area contributed by atoms with Gasteiger partial charge in [0.2, 0.25) is 4.84 Å². The summed E-state index contributed by atoms with van der Waals surface area (Å²) in [6, 6.07) is 5.75. The summed E-state index contributed by atoms with van der Waals surface area (Å²) in [7, 11) is 0. The summed E-state index contributed by atoms with van der Waals surface area (Å²) in [6.07, 6.45) is 0.738. The van der Waals surface area contributed by atoms with Gasteiger partial charge in [-0.1, -0.05) is 30.1 Å². The van der Waals surface area contributed by atoms with Gasteiger partial charge in [0.1, 0.15) is 16.9 Å². The zero-order valence-corrected chi connectivity index (χ0v) is 14.5. The highest BCUT2D eigenvalue weighted by atomic mass is 35.5. The number of esters is 1. The van der Waals surface area contributed by atoms with E-state index in [0.29, 0.717) is 5.39 Å². The number of carbonyl (C=O) groups is 2. The maximum absolute atomic E-state index is 12.1. The first kappa shape index (κ1) is 18.3. The summed E-state index contributed by atoms with van der Waals surface area (Å²) in [4.78, 5) is 34.1. The summed E-state index contributed by atoms with van der Waals surface area (Å²) < 4.78 is 10.1. The highest BCUT2D eigenvalue weighted by molar-refractivity contribution is 6.53. The van der Waals surface area contributed by atoms with Gasteiger partial charge in [-0.15, -0.1) is 0 Å². The average molecular weight is 372 g/mol. The van der Waals surface area contributed by atoms with E-state index in [1.54, 1.807) is 6.07 Å². The van der Waals surface area contributed by atoms with E-state index in [1.165, 1.54) is 18.2 Å². The Morgan fingerprint density at radius 3 is 2.62 bits per heavy atom. The van der Waals surface area contributed by atoms with E-state index in [4.69, 9.17) is 32.4 Å². The van der Waals surface area contributed by atoms with Crippen molar-refractivity contribution in [1.29, 1.82) is 0 Å². The first-order chi connectivity index (χ1) is 11.3. The van der Waals surface area contributed by atoms with Gasteiger partial charge >= 0.3 is 11.6 Å². The number of hydrogen-bond acceptors (Lipinski definition) is 5. The third kappa shape index (κ3) is 4.27. The van der Waals surface area contributed by atoms with Crippen LogP contribution in [0.5, 0.6) is 5.75 Å². The molecule has 6 nitrogen and oxygen atoms in total. The molecule has 0 radical (unpaired) electrons. The minimum absolute atomic E-state index is 0.0616. The molecule has 1 aromatic carbocycles. The lowest BCUT2D eigenvalue weighted by molar-refractivity contribution is -0.132. The topological polar surface area (TPSA) is 85.6 Å². The van der Waals surface area contributed by atoms with Crippen molar-refractivity contribution in [3.63, 3.8) is 0 Å². The maximum atomic E-state index is 12.1. The molecule has 0 aliphatic heterocycles. The lowest BCUT2D eigenvalue weighted by Gasteiger charge is -2.11. The van der Waals surface area contributed by atoms with Crippen LogP contribution in [0.1, 0.15) is 30.6 Å². The van der Waals surface area contributed by atoms with Gasteiger partial charge in [0.05, 0.1) is 0 Å². The van der Waals surface area contributed by atoms with Gasteiger partial charge in [-0.05, 0) is 31.5 Å². The van der Waals surface area contributed by atoms with Gasteiger partial charge in [0.15, 0.2) is 0 Å². The van der Waals surface area contributed by atoms with Crippen molar-refractivity contribution in [3.8, 4) is 5.75 Å². The van der Waals surface area contributed by atoms with Crippen LogP contribution in [0.2, 0.25) is 0 Å². The molecule has 1 amide bonds. The Hall–Kier alpha value is -2.05. The number of fused-ring (bicyclic) bond motifs is 1. The lowest BCUT2D eigenvalue weighted by Crippen LogP contribution is -2.34. The van der Waals surface area contributed by atoms with Crippen molar-refractivity contribution in [2.24, 2.45) is 0 Å². The third-order valence-corrected chi connectivity index (χ3v) is 3.69. The fraction of sp³-hybridized carbons (Fsp3) is 0.312. The standard InChI is InChI=1S/C16H15Cl2NO5/c1-3-8(2)19-14(20)11-6-9-4-5-10(23-16(22)13(17)18)7-12(9)24-15(11)21/h4-8,13H,3H2,1-2H3,(H,19,20). The van der Waals surface area contributed by atoms with Crippen molar-refractivity contribution in [3.05, 3.63) is 40.2 Å². The largest absolute Gasteiger partial charge is 0.424 e. The second-order valence-corrected chi connectivity index (χ2v) is 6.25. The molecule has 0 saturated heterocycles. The number of nitrogens with one attached hydrogen (secondary N) is 1. The van der Waals surface area contributed by atoms with Crippen LogP contribution in [0.15, 0.2) is 33.5 Å². The van der Waals surface area contributed by atoms with E-state index < -0.39 is 22.3 Å². The summed E-state index contributed by atoms with van der Waals surface area (Å²) in [5.74, 6) is -1.22. The molecule has 24 heavy (non-hydrogen) atoms. The Morgan fingerprint density at radius 2 is 2.00 bits per heavy atom. The number of amides is 1. The highest BCUT2D eigenvalue weighted by Gasteiger charge is 2.17. The molecule has 2 aromatic rings. The number of rotatable bonds is 5. The fourth-order valence-electron chi connectivity index (χ4n) is 1.88. The van der Waals surface area contributed by atoms with Crippen LogP contribution in [-0.4, -0.2) is 22.8 Å². The Kier molecular flexibility index (Phi) is 5.85. The fourth-order valence-corrected chi connectivity index (χ4v) is 1.97. The quantitative estimate of drug-likeness (QED) is 0.377. The van der Waals surface area contributed by atoms with Crippen molar-refractivity contribution in [2.45, 2.75) is 31.1 Å². The Balaban J connectivity index is 2.34. The predicted molar refractivity (Wildman–Crippen MR) is 90.8 cm³/mol. The number of halogens is 2. The molecule has 128 valence electrons. The molecule has 0 aliphatic carbocycles. The van der Waals surface area contributed by atoms with Gasteiger partial charge in [0, 0.05) is 17.5 Å². The highest BCUT2D eigenvalue weighted by Crippen LogP contribution is 2.21. The summed E-state index contributed by atoms with van der Waals surface area (Å²) in [5.41, 5.74) is -0.695. The predicted octanol–water partition coefficient (Wildman–Crippen LogP) is 3.03. The smallest absolute Gasteiger partial charge is 0.349 e.